The minimum absolute atomic E-state index is 0.775. The molecule has 1 aliphatic carbocycles. The van der Waals surface area contributed by atoms with E-state index in [0.717, 1.165) is 35.8 Å². The number of hydrogen-bond acceptors (Lipinski definition) is 2. The van der Waals surface area contributed by atoms with Crippen LogP contribution in [0.5, 0.6) is 0 Å². The summed E-state index contributed by atoms with van der Waals surface area (Å²) in [5.74, 6) is 3.94. The Morgan fingerprint density at radius 3 is 2.91 bits per heavy atom. The van der Waals surface area contributed by atoms with Crippen LogP contribution in [0.1, 0.15) is 58.3 Å². The van der Waals surface area contributed by atoms with Gasteiger partial charge in [-0.15, -0.1) is 0 Å². The van der Waals surface area contributed by atoms with Crippen LogP contribution in [-0.2, 0) is 0 Å². The van der Waals surface area contributed by atoms with E-state index in [-0.39, 0.29) is 0 Å². The molecule has 0 spiro atoms. The van der Waals surface area contributed by atoms with Gasteiger partial charge in [0.25, 0.3) is 0 Å². The smallest absolute Gasteiger partial charge is 0.0280 e. The summed E-state index contributed by atoms with van der Waals surface area (Å²) in [5, 5.41) is 3.84. The van der Waals surface area contributed by atoms with Crippen LogP contribution in [0.25, 0.3) is 0 Å². The maximum absolute atomic E-state index is 3.84. The molecule has 4 rings (SSSR count). The number of nitrogens with zero attached hydrogens (tertiary/aromatic N) is 1. The summed E-state index contributed by atoms with van der Waals surface area (Å²) in [6.45, 7) is 6.42. The molecule has 6 unspecified atom stereocenters. The minimum Gasteiger partial charge on any atom is -0.314 e. The van der Waals surface area contributed by atoms with Crippen molar-refractivity contribution in [1.29, 1.82) is 0 Å². The maximum atomic E-state index is 3.84. The highest BCUT2D eigenvalue weighted by atomic mass is 15.2. The zero-order chi connectivity index (χ0) is 14.9. The molecule has 2 nitrogen and oxygen atoms in total. The van der Waals surface area contributed by atoms with Gasteiger partial charge < -0.3 is 5.32 Å². The summed E-state index contributed by atoms with van der Waals surface area (Å²) >= 11 is 0. The van der Waals surface area contributed by atoms with Gasteiger partial charge in [-0.3, -0.25) is 4.90 Å². The van der Waals surface area contributed by atoms with E-state index >= 15 is 0 Å². The third kappa shape index (κ3) is 3.14. The number of piperidine rings is 2. The lowest BCUT2D eigenvalue weighted by atomic mass is 9.68. The number of rotatable bonds is 2. The van der Waals surface area contributed by atoms with Gasteiger partial charge in [-0.2, -0.15) is 0 Å². The van der Waals surface area contributed by atoms with Crippen molar-refractivity contribution < 1.29 is 0 Å². The number of nitrogens with one attached hydrogen (secondary N) is 1. The Hall–Kier alpha value is -0.340. The van der Waals surface area contributed by atoms with Gasteiger partial charge in [-0.25, -0.2) is 0 Å². The lowest BCUT2D eigenvalue weighted by Gasteiger charge is -2.45. The monoisotopic (exact) mass is 302 g/mol. The summed E-state index contributed by atoms with van der Waals surface area (Å²) in [4.78, 5) is 2.72. The van der Waals surface area contributed by atoms with E-state index in [9.17, 15) is 0 Å². The zero-order valence-electron chi connectivity index (χ0n) is 14.3. The molecule has 1 saturated carbocycles. The van der Waals surface area contributed by atoms with Crippen LogP contribution in [0.2, 0.25) is 0 Å². The predicted molar refractivity (Wildman–Crippen MR) is 92.9 cm³/mol. The minimum atomic E-state index is 0.775. The van der Waals surface area contributed by atoms with Crippen molar-refractivity contribution in [1.82, 2.24) is 10.2 Å². The maximum Gasteiger partial charge on any atom is 0.0280 e. The molecule has 0 bridgehead atoms. The van der Waals surface area contributed by atoms with Crippen molar-refractivity contribution in [2.75, 3.05) is 19.6 Å². The van der Waals surface area contributed by atoms with Crippen molar-refractivity contribution >= 4 is 0 Å². The van der Waals surface area contributed by atoms with E-state index in [0.29, 0.717) is 0 Å². The Kier molecular flexibility index (Phi) is 4.59. The van der Waals surface area contributed by atoms with Crippen LogP contribution in [-0.4, -0.2) is 36.6 Å². The van der Waals surface area contributed by atoms with Gasteiger partial charge in [0.2, 0.25) is 0 Å². The molecule has 0 amide bonds. The molecular weight excluding hydrogens is 268 g/mol. The first-order valence-electron chi connectivity index (χ1n) is 9.93. The average Bonchev–Trinajstić information content (AvgIpc) is 2.55. The highest BCUT2D eigenvalue weighted by Gasteiger charge is 2.37. The highest BCUT2D eigenvalue weighted by Crippen LogP contribution is 2.41. The fourth-order valence-electron chi connectivity index (χ4n) is 5.90. The number of fused-ring (bicyclic) bond motifs is 2. The molecule has 3 heterocycles. The van der Waals surface area contributed by atoms with Gasteiger partial charge >= 0.3 is 0 Å². The second kappa shape index (κ2) is 6.65. The van der Waals surface area contributed by atoms with E-state index in [4.69, 9.17) is 0 Å². The van der Waals surface area contributed by atoms with Gasteiger partial charge in [0.15, 0.2) is 0 Å². The lowest BCUT2D eigenvalue weighted by Crippen LogP contribution is -2.49. The van der Waals surface area contributed by atoms with E-state index in [1.165, 1.54) is 71.0 Å². The molecular formula is C20H34N2. The first-order chi connectivity index (χ1) is 10.8. The summed E-state index contributed by atoms with van der Waals surface area (Å²) in [5.41, 5.74) is 0. The normalized spacial score (nSPS) is 46.0. The van der Waals surface area contributed by atoms with E-state index in [2.05, 4.69) is 29.3 Å². The SMILES string of the molecule is CC1CCNC2CC(CC3CCN4CCC=CC4C3)CCC12. The molecule has 6 atom stereocenters. The third-order valence-corrected chi connectivity index (χ3v) is 7.23. The van der Waals surface area contributed by atoms with Crippen LogP contribution in [0.3, 0.4) is 0 Å². The lowest BCUT2D eigenvalue weighted by molar-refractivity contribution is 0.0852. The summed E-state index contributed by atoms with van der Waals surface area (Å²) < 4.78 is 0. The number of hydrogen-bond donors (Lipinski definition) is 1. The van der Waals surface area contributed by atoms with E-state index in [1.807, 2.05) is 0 Å². The second-order valence-electron chi connectivity index (χ2n) is 8.62. The largest absolute Gasteiger partial charge is 0.314 e. The van der Waals surface area contributed by atoms with Crippen molar-refractivity contribution in [3.63, 3.8) is 0 Å². The Labute approximate surface area is 136 Å². The van der Waals surface area contributed by atoms with Crippen LogP contribution < -0.4 is 5.32 Å². The van der Waals surface area contributed by atoms with Crippen LogP contribution >= 0.6 is 0 Å². The second-order valence-corrected chi connectivity index (χ2v) is 8.62. The van der Waals surface area contributed by atoms with Crippen molar-refractivity contribution in [3.05, 3.63) is 12.2 Å². The van der Waals surface area contributed by atoms with Gasteiger partial charge in [-0.05, 0) is 81.7 Å². The zero-order valence-corrected chi connectivity index (χ0v) is 14.3. The molecule has 124 valence electrons. The highest BCUT2D eigenvalue weighted by molar-refractivity contribution is 5.02. The molecule has 0 aromatic carbocycles. The summed E-state index contributed by atoms with van der Waals surface area (Å²) in [6, 6.07) is 1.62. The van der Waals surface area contributed by atoms with Crippen LogP contribution in [0.15, 0.2) is 12.2 Å². The molecule has 4 aliphatic rings. The van der Waals surface area contributed by atoms with Gasteiger partial charge in [0, 0.05) is 18.6 Å². The Balaban J connectivity index is 1.30. The summed E-state index contributed by atoms with van der Waals surface area (Å²) in [6.07, 6.45) is 16.5. The van der Waals surface area contributed by atoms with Gasteiger partial charge in [-0.1, -0.05) is 25.5 Å². The Bertz CT molecular complexity index is 405. The molecule has 0 aromatic heterocycles. The van der Waals surface area contributed by atoms with Crippen LogP contribution in [0.4, 0.5) is 0 Å². The molecule has 0 radical (unpaired) electrons. The molecule has 0 aromatic rings. The van der Waals surface area contributed by atoms with Gasteiger partial charge in [0.1, 0.15) is 0 Å². The van der Waals surface area contributed by atoms with Gasteiger partial charge in [0.05, 0.1) is 0 Å². The quantitative estimate of drug-likeness (QED) is 0.780. The fraction of sp³-hybridized carbons (Fsp3) is 0.900. The molecule has 1 N–H and O–H groups in total. The predicted octanol–water partition coefficient (Wildman–Crippen LogP) is 3.83. The standard InChI is InChI=1S/C20H34N2/c1-15-7-9-21-20-14-16(5-6-19(15)20)12-17-8-11-22-10-3-2-4-18(22)13-17/h2,4,15-21H,3,5-14H2,1H3. The molecule has 2 heteroatoms. The first kappa shape index (κ1) is 15.2. The van der Waals surface area contributed by atoms with E-state index in [1.54, 1.807) is 0 Å². The van der Waals surface area contributed by atoms with Crippen molar-refractivity contribution in [2.24, 2.45) is 23.7 Å². The molecule has 22 heavy (non-hydrogen) atoms. The third-order valence-electron chi connectivity index (χ3n) is 7.23. The topological polar surface area (TPSA) is 15.3 Å². The van der Waals surface area contributed by atoms with Crippen LogP contribution in [0, 0.1) is 23.7 Å². The van der Waals surface area contributed by atoms with Crippen molar-refractivity contribution in [3.8, 4) is 0 Å². The fourth-order valence-corrected chi connectivity index (χ4v) is 5.90. The Morgan fingerprint density at radius 2 is 1.95 bits per heavy atom. The average molecular weight is 303 g/mol. The first-order valence-corrected chi connectivity index (χ1v) is 9.93. The van der Waals surface area contributed by atoms with E-state index < -0.39 is 0 Å². The molecule has 3 fully saturated rings. The molecule has 3 aliphatic heterocycles. The summed E-state index contributed by atoms with van der Waals surface area (Å²) in [7, 11) is 0. The molecule has 2 saturated heterocycles. The Morgan fingerprint density at radius 1 is 1.05 bits per heavy atom. The van der Waals surface area contributed by atoms with Crippen molar-refractivity contribution in [2.45, 2.75) is 70.4 Å².